The number of carbonyl (C=O) groups excluding carboxylic acids is 1. The molecule has 1 nitrogen and oxygen atoms in total. The maximum atomic E-state index is 12.5. The molecule has 0 aromatic heterocycles. The van der Waals surface area contributed by atoms with Gasteiger partial charge in [0.2, 0.25) is 0 Å². The normalized spacial score (nSPS) is 18.4. The first kappa shape index (κ1) is 15.4. The molecule has 0 amide bonds. The van der Waals surface area contributed by atoms with E-state index in [0.717, 1.165) is 44.1 Å². The predicted molar refractivity (Wildman–Crippen MR) is 98.5 cm³/mol. The third-order valence-corrected chi connectivity index (χ3v) is 4.73. The Labute approximate surface area is 147 Å². The van der Waals surface area contributed by atoms with Gasteiger partial charge in [-0.05, 0) is 60.4 Å². The monoisotopic (exact) mass is 416 g/mol. The van der Waals surface area contributed by atoms with E-state index < -0.39 is 0 Å². The molecule has 3 heteroatoms. The first-order valence-corrected chi connectivity index (χ1v) is 8.67. The highest BCUT2D eigenvalue weighted by molar-refractivity contribution is 9.10. The van der Waals surface area contributed by atoms with E-state index in [1.165, 1.54) is 0 Å². The smallest absolute Gasteiger partial charge is 0.185 e. The molecular weight excluding hydrogens is 404 g/mol. The van der Waals surface area contributed by atoms with E-state index in [9.17, 15) is 4.79 Å². The third-order valence-electron chi connectivity index (χ3n) is 3.67. The fraction of sp³-hybridized carbons (Fsp3) is 0.105. The average Bonchev–Trinajstić information content (AvgIpc) is 2.85. The summed E-state index contributed by atoms with van der Waals surface area (Å²) in [5.41, 5.74) is 3.92. The maximum Gasteiger partial charge on any atom is 0.185 e. The number of allylic oxidation sites excluding steroid dienone is 2. The van der Waals surface area contributed by atoms with Gasteiger partial charge in [-0.25, -0.2) is 0 Å². The van der Waals surface area contributed by atoms with E-state index in [2.05, 4.69) is 31.9 Å². The Kier molecular flexibility index (Phi) is 4.74. The summed E-state index contributed by atoms with van der Waals surface area (Å²) in [5.74, 6) is 0.172. The van der Waals surface area contributed by atoms with Crippen LogP contribution < -0.4 is 0 Å². The van der Waals surface area contributed by atoms with Crippen LogP contribution in [-0.2, 0) is 4.79 Å². The lowest BCUT2D eigenvalue weighted by molar-refractivity contribution is -0.111. The zero-order valence-corrected chi connectivity index (χ0v) is 15.0. The highest BCUT2D eigenvalue weighted by Crippen LogP contribution is 2.29. The molecule has 0 heterocycles. The summed E-state index contributed by atoms with van der Waals surface area (Å²) < 4.78 is 2.09. The molecule has 0 atom stereocenters. The molecule has 3 rings (SSSR count). The SMILES string of the molecule is O=C1/C(=C\c2ccc(Br)cc2)CC/C1=C/c1ccc(Br)cc1. The van der Waals surface area contributed by atoms with Crippen LogP contribution in [0.2, 0.25) is 0 Å². The Balaban J connectivity index is 1.82. The van der Waals surface area contributed by atoms with Crippen molar-refractivity contribution in [3.63, 3.8) is 0 Å². The molecule has 0 bridgehead atoms. The lowest BCUT2D eigenvalue weighted by atomic mass is 10.1. The van der Waals surface area contributed by atoms with Crippen LogP contribution >= 0.6 is 31.9 Å². The first-order chi connectivity index (χ1) is 10.6. The molecule has 2 aromatic carbocycles. The topological polar surface area (TPSA) is 17.1 Å². The minimum Gasteiger partial charge on any atom is -0.289 e. The summed E-state index contributed by atoms with van der Waals surface area (Å²) in [4.78, 5) is 12.5. The van der Waals surface area contributed by atoms with Gasteiger partial charge in [-0.2, -0.15) is 0 Å². The van der Waals surface area contributed by atoms with Crippen LogP contribution in [0.4, 0.5) is 0 Å². The Bertz CT molecular complexity index is 688. The van der Waals surface area contributed by atoms with E-state index in [0.29, 0.717) is 0 Å². The molecule has 0 unspecified atom stereocenters. The summed E-state index contributed by atoms with van der Waals surface area (Å²) in [6.07, 6.45) is 5.63. The molecule has 1 saturated carbocycles. The van der Waals surface area contributed by atoms with Gasteiger partial charge in [-0.15, -0.1) is 0 Å². The molecule has 0 spiro atoms. The van der Waals surface area contributed by atoms with Crippen molar-refractivity contribution >= 4 is 49.8 Å². The van der Waals surface area contributed by atoms with Crippen LogP contribution in [0, 0.1) is 0 Å². The Morgan fingerprint density at radius 1 is 0.682 bits per heavy atom. The molecule has 0 N–H and O–H groups in total. The van der Waals surface area contributed by atoms with Crippen molar-refractivity contribution in [1.29, 1.82) is 0 Å². The zero-order valence-electron chi connectivity index (χ0n) is 11.9. The van der Waals surface area contributed by atoms with E-state index in [-0.39, 0.29) is 5.78 Å². The summed E-state index contributed by atoms with van der Waals surface area (Å²) in [6.45, 7) is 0. The predicted octanol–water partition coefficient (Wildman–Crippen LogP) is 6.04. The van der Waals surface area contributed by atoms with Gasteiger partial charge >= 0.3 is 0 Å². The fourth-order valence-corrected chi connectivity index (χ4v) is 3.03. The Hall–Kier alpha value is -1.45. The molecule has 1 aliphatic rings. The van der Waals surface area contributed by atoms with E-state index in [1.807, 2.05) is 60.7 Å². The first-order valence-electron chi connectivity index (χ1n) is 7.09. The second-order valence-corrected chi connectivity index (χ2v) is 7.10. The second kappa shape index (κ2) is 6.76. The maximum absolute atomic E-state index is 12.5. The van der Waals surface area contributed by atoms with Gasteiger partial charge in [0.1, 0.15) is 0 Å². The number of Topliss-reactive ketones (excluding diaryl/α,β-unsaturated/α-hetero) is 1. The van der Waals surface area contributed by atoms with Gasteiger partial charge in [0.15, 0.2) is 5.78 Å². The Morgan fingerprint density at radius 2 is 1.05 bits per heavy atom. The number of rotatable bonds is 2. The van der Waals surface area contributed by atoms with Crippen molar-refractivity contribution in [3.8, 4) is 0 Å². The molecule has 0 radical (unpaired) electrons. The average molecular weight is 418 g/mol. The number of halogens is 2. The molecule has 22 heavy (non-hydrogen) atoms. The zero-order chi connectivity index (χ0) is 15.5. The van der Waals surface area contributed by atoms with Gasteiger partial charge in [0.25, 0.3) is 0 Å². The molecule has 2 aromatic rings. The summed E-state index contributed by atoms with van der Waals surface area (Å²) >= 11 is 6.84. The number of hydrogen-bond donors (Lipinski definition) is 0. The van der Waals surface area contributed by atoms with Gasteiger partial charge in [-0.3, -0.25) is 4.79 Å². The van der Waals surface area contributed by atoms with Crippen LogP contribution in [0.5, 0.6) is 0 Å². The van der Waals surface area contributed by atoms with Crippen molar-refractivity contribution in [2.75, 3.05) is 0 Å². The van der Waals surface area contributed by atoms with Gasteiger partial charge < -0.3 is 0 Å². The van der Waals surface area contributed by atoms with Crippen molar-refractivity contribution in [3.05, 3.63) is 79.7 Å². The quantitative estimate of drug-likeness (QED) is 0.544. The number of benzene rings is 2. The summed E-state index contributed by atoms with van der Waals surface area (Å²) in [5, 5.41) is 0. The lowest BCUT2D eigenvalue weighted by Crippen LogP contribution is -1.95. The van der Waals surface area contributed by atoms with Crippen LogP contribution in [0.15, 0.2) is 68.6 Å². The minimum absolute atomic E-state index is 0.172. The van der Waals surface area contributed by atoms with E-state index in [4.69, 9.17) is 0 Å². The summed E-state index contributed by atoms with van der Waals surface area (Å²) in [6, 6.07) is 16.0. The van der Waals surface area contributed by atoms with Crippen molar-refractivity contribution < 1.29 is 4.79 Å². The molecule has 1 fully saturated rings. The van der Waals surface area contributed by atoms with E-state index in [1.54, 1.807) is 0 Å². The highest BCUT2D eigenvalue weighted by atomic mass is 79.9. The van der Waals surface area contributed by atoms with Crippen molar-refractivity contribution in [2.45, 2.75) is 12.8 Å². The standard InChI is InChI=1S/C19H14Br2O/c20-17-7-1-13(2-8-17)11-15-5-6-16(19(15)22)12-14-3-9-18(21)10-4-14/h1-4,7-12H,5-6H2/b15-11-,16-12-. The second-order valence-electron chi connectivity index (χ2n) is 5.27. The Morgan fingerprint density at radius 3 is 1.41 bits per heavy atom. The van der Waals surface area contributed by atoms with Crippen molar-refractivity contribution in [2.24, 2.45) is 0 Å². The largest absolute Gasteiger partial charge is 0.289 e. The van der Waals surface area contributed by atoms with Gasteiger partial charge in [0, 0.05) is 20.1 Å². The van der Waals surface area contributed by atoms with Crippen LogP contribution in [-0.4, -0.2) is 5.78 Å². The highest BCUT2D eigenvalue weighted by Gasteiger charge is 2.22. The summed E-state index contributed by atoms with van der Waals surface area (Å²) in [7, 11) is 0. The molecule has 110 valence electrons. The fourth-order valence-electron chi connectivity index (χ4n) is 2.50. The molecular formula is C19H14Br2O. The number of hydrogen-bond acceptors (Lipinski definition) is 1. The van der Waals surface area contributed by atoms with Gasteiger partial charge in [0.05, 0.1) is 0 Å². The van der Waals surface area contributed by atoms with Gasteiger partial charge in [-0.1, -0.05) is 56.1 Å². The van der Waals surface area contributed by atoms with E-state index >= 15 is 0 Å². The van der Waals surface area contributed by atoms with Crippen LogP contribution in [0.1, 0.15) is 24.0 Å². The lowest BCUT2D eigenvalue weighted by Gasteiger charge is -1.98. The van der Waals surface area contributed by atoms with Crippen LogP contribution in [0.25, 0.3) is 12.2 Å². The van der Waals surface area contributed by atoms with Crippen LogP contribution in [0.3, 0.4) is 0 Å². The minimum atomic E-state index is 0.172. The molecule has 0 aliphatic heterocycles. The van der Waals surface area contributed by atoms with Crippen molar-refractivity contribution in [1.82, 2.24) is 0 Å². The number of carbonyl (C=O) groups is 1. The molecule has 0 saturated heterocycles. The molecule has 1 aliphatic carbocycles. The number of ketones is 1. The third kappa shape index (κ3) is 3.65.